The summed E-state index contributed by atoms with van der Waals surface area (Å²) in [5.41, 5.74) is 6.04. The third-order valence-electron chi connectivity index (χ3n) is 8.65. The highest BCUT2D eigenvalue weighted by Gasteiger charge is 2.28. The molecule has 1 amide bonds. The predicted molar refractivity (Wildman–Crippen MR) is 170 cm³/mol. The average molecular weight is 593 g/mol. The van der Waals surface area contributed by atoms with Gasteiger partial charge in [0.15, 0.2) is 9.84 Å². The minimum atomic E-state index is -3.33. The number of nitrogens with zero attached hydrogens (tertiary/aromatic N) is 2. The summed E-state index contributed by atoms with van der Waals surface area (Å²) in [4.78, 5) is 34.1. The highest BCUT2D eigenvalue weighted by molar-refractivity contribution is 7.90. The Kier molecular flexibility index (Phi) is 9.63. The zero-order valence-corrected chi connectivity index (χ0v) is 26.7. The van der Waals surface area contributed by atoms with E-state index in [4.69, 9.17) is 0 Å². The molecule has 1 aromatic heterocycles. The van der Waals surface area contributed by atoms with Crippen LogP contribution in [0.1, 0.15) is 65.3 Å². The molecular formula is C33H44N4O4S. The van der Waals surface area contributed by atoms with Crippen molar-refractivity contribution in [2.45, 2.75) is 76.9 Å². The van der Waals surface area contributed by atoms with Crippen molar-refractivity contribution in [3.8, 4) is 11.1 Å². The number of aromatic amines is 1. The number of sulfone groups is 1. The number of H-pyrrole nitrogens is 1. The van der Waals surface area contributed by atoms with Gasteiger partial charge in [0, 0.05) is 53.9 Å². The Balaban J connectivity index is 1.74. The Morgan fingerprint density at radius 2 is 1.57 bits per heavy atom. The fraction of sp³-hybridized carbons (Fsp3) is 0.455. The second-order valence-electron chi connectivity index (χ2n) is 11.8. The van der Waals surface area contributed by atoms with E-state index in [1.807, 2.05) is 32.9 Å². The van der Waals surface area contributed by atoms with E-state index in [-0.39, 0.29) is 22.9 Å². The van der Waals surface area contributed by atoms with Gasteiger partial charge in [-0.2, -0.15) is 0 Å². The summed E-state index contributed by atoms with van der Waals surface area (Å²) in [6.45, 7) is 8.76. The maximum atomic E-state index is 13.7. The van der Waals surface area contributed by atoms with Gasteiger partial charge < -0.3 is 20.1 Å². The van der Waals surface area contributed by atoms with Gasteiger partial charge in [-0.25, -0.2) is 8.42 Å². The topological polar surface area (TPSA) is 103 Å². The minimum absolute atomic E-state index is 0.119. The van der Waals surface area contributed by atoms with Gasteiger partial charge >= 0.3 is 0 Å². The number of aromatic nitrogens is 1. The van der Waals surface area contributed by atoms with Crippen LogP contribution in [0, 0.1) is 20.8 Å². The molecule has 1 aliphatic carbocycles. The van der Waals surface area contributed by atoms with Crippen LogP contribution in [0.2, 0.25) is 0 Å². The smallest absolute Gasteiger partial charge is 0.253 e. The Bertz CT molecular complexity index is 1600. The maximum absolute atomic E-state index is 13.7. The van der Waals surface area contributed by atoms with Crippen LogP contribution in [0.4, 0.5) is 5.69 Å². The number of aryl methyl sites for hydroxylation is 2. The van der Waals surface area contributed by atoms with Gasteiger partial charge in [-0.1, -0.05) is 12.1 Å². The number of benzene rings is 2. The summed E-state index contributed by atoms with van der Waals surface area (Å²) in [5.74, 6) is -0.255. The molecule has 0 spiro atoms. The molecule has 2 aromatic carbocycles. The molecule has 0 aliphatic heterocycles. The summed E-state index contributed by atoms with van der Waals surface area (Å²) in [5, 5.41) is 2.98. The fourth-order valence-electron chi connectivity index (χ4n) is 6.17. The SMILES string of the molecule is CCN(c1cc(-c2ccc(S(C)(=O)=O)cc2)cc(C(=O)NCc2c(C)cc(C)[nH]c2=O)c1C)[C@H]1CC[C@H](N(C)C)CC1. The van der Waals surface area contributed by atoms with Crippen LogP contribution >= 0.6 is 0 Å². The molecule has 8 nitrogen and oxygen atoms in total. The lowest BCUT2D eigenvalue weighted by Crippen LogP contribution is -2.42. The molecule has 42 heavy (non-hydrogen) atoms. The number of nitrogens with one attached hydrogen (secondary N) is 2. The molecule has 4 rings (SSSR count). The van der Waals surface area contributed by atoms with Crippen LogP contribution in [-0.2, 0) is 16.4 Å². The number of anilines is 1. The quantitative estimate of drug-likeness (QED) is 0.363. The molecule has 0 atom stereocenters. The van der Waals surface area contributed by atoms with Crippen molar-refractivity contribution in [1.29, 1.82) is 0 Å². The molecule has 1 heterocycles. The van der Waals surface area contributed by atoms with Gasteiger partial charge in [0.25, 0.3) is 11.5 Å². The number of hydrogen-bond acceptors (Lipinski definition) is 6. The molecule has 1 fully saturated rings. The van der Waals surface area contributed by atoms with E-state index in [1.54, 1.807) is 24.3 Å². The molecule has 1 aliphatic rings. The van der Waals surface area contributed by atoms with Crippen LogP contribution in [0.15, 0.2) is 52.2 Å². The van der Waals surface area contributed by atoms with Gasteiger partial charge in [-0.15, -0.1) is 0 Å². The largest absolute Gasteiger partial charge is 0.369 e. The second-order valence-corrected chi connectivity index (χ2v) is 13.8. The first-order chi connectivity index (χ1) is 19.8. The van der Waals surface area contributed by atoms with E-state index in [9.17, 15) is 18.0 Å². The van der Waals surface area contributed by atoms with E-state index in [2.05, 4.69) is 47.2 Å². The van der Waals surface area contributed by atoms with Gasteiger partial charge in [-0.3, -0.25) is 9.59 Å². The van der Waals surface area contributed by atoms with Crippen molar-refractivity contribution in [2.75, 3.05) is 31.8 Å². The van der Waals surface area contributed by atoms with Crippen molar-refractivity contribution < 1.29 is 13.2 Å². The summed E-state index contributed by atoms with van der Waals surface area (Å²) in [7, 11) is 0.954. The lowest BCUT2D eigenvalue weighted by atomic mass is 9.88. The monoisotopic (exact) mass is 592 g/mol. The molecule has 0 bridgehead atoms. The van der Waals surface area contributed by atoms with Crippen LogP contribution in [0.3, 0.4) is 0 Å². The standard InChI is InChI=1S/C33H44N4O4S/c1-8-37(27-13-11-26(12-14-27)36(5)6)31-19-25(24-9-15-28(16-10-24)42(7,40)41)18-29(23(31)4)32(38)34-20-30-21(2)17-22(3)35-33(30)39/h9-10,15-19,26-27H,8,11-14,20H2,1-7H3,(H,34,38)(H,35,39)/t26-,27-. The lowest BCUT2D eigenvalue weighted by molar-refractivity contribution is 0.0950. The van der Waals surface area contributed by atoms with Crippen molar-refractivity contribution >= 4 is 21.4 Å². The average Bonchev–Trinajstić information content (AvgIpc) is 2.93. The molecule has 0 unspecified atom stereocenters. The Hall–Kier alpha value is -3.43. The lowest BCUT2D eigenvalue weighted by Gasteiger charge is -2.40. The Labute approximate surface area is 250 Å². The third kappa shape index (κ3) is 6.95. The van der Waals surface area contributed by atoms with Gasteiger partial charge in [-0.05, 0) is 120 Å². The van der Waals surface area contributed by atoms with E-state index >= 15 is 0 Å². The first kappa shape index (κ1) is 31.5. The second kappa shape index (κ2) is 12.8. The first-order valence-corrected chi connectivity index (χ1v) is 16.5. The Morgan fingerprint density at radius 1 is 0.952 bits per heavy atom. The van der Waals surface area contributed by atoms with Crippen molar-refractivity contribution in [2.24, 2.45) is 0 Å². The van der Waals surface area contributed by atoms with Gasteiger partial charge in [0.1, 0.15) is 0 Å². The van der Waals surface area contributed by atoms with Gasteiger partial charge in [0.05, 0.1) is 4.90 Å². The minimum Gasteiger partial charge on any atom is -0.369 e. The number of carbonyl (C=O) groups excluding carboxylic acids is 1. The highest BCUT2D eigenvalue weighted by atomic mass is 32.2. The molecular weight excluding hydrogens is 548 g/mol. The normalized spacial score (nSPS) is 17.3. The zero-order valence-electron chi connectivity index (χ0n) is 25.9. The first-order valence-electron chi connectivity index (χ1n) is 14.7. The fourth-order valence-corrected chi connectivity index (χ4v) is 6.80. The van der Waals surface area contributed by atoms with E-state index < -0.39 is 9.84 Å². The molecule has 2 N–H and O–H groups in total. The summed E-state index contributed by atoms with van der Waals surface area (Å²) >= 11 is 0. The molecule has 0 radical (unpaired) electrons. The number of pyridine rings is 1. The molecule has 226 valence electrons. The third-order valence-corrected chi connectivity index (χ3v) is 9.78. The van der Waals surface area contributed by atoms with E-state index in [0.717, 1.165) is 65.9 Å². The molecule has 0 saturated heterocycles. The van der Waals surface area contributed by atoms with Crippen LogP contribution < -0.4 is 15.8 Å². The van der Waals surface area contributed by atoms with Crippen molar-refractivity contribution in [1.82, 2.24) is 15.2 Å². The number of rotatable bonds is 9. The summed E-state index contributed by atoms with van der Waals surface area (Å²) in [6, 6.07) is 13.6. The maximum Gasteiger partial charge on any atom is 0.253 e. The Morgan fingerprint density at radius 3 is 2.12 bits per heavy atom. The van der Waals surface area contributed by atoms with Gasteiger partial charge in [0.2, 0.25) is 0 Å². The molecule has 1 saturated carbocycles. The van der Waals surface area contributed by atoms with Crippen molar-refractivity contribution in [3.05, 3.63) is 80.8 Å². The molecule has 3 aromatic rings. The van der Waals surface area contributed by atoms with Crippen LogP contribution in [-0.4, -0.2) is 63.2 Å². The zero-order chi connectivity index (χ0) is 30.8. The van der Waals surface area contributed by atoms with E-state index in [0.29, 0.717) is 23.2 Å². The number of hydrogen-bond donors (Lipinski definition) is 2. The van der Waals surface area contributed by atoms with Crippen LogP contribution in [0.5, 0.6) is 0 Å². The summed E-state index contributed by atoms with van der Waals surface area (Å²) < 4.78 is 24.1. The summed E-state index contributed by atoms with van der Waals surface area (Å²) in [6.07, 6.45) is 5.58. The number of amides is 1. The van der Waals surface area contributed by atoms with Crippen LogP contribution in [0.25, 0.3) is 11.1 Å². The predicted octanol–water partition coefficient (Wildman–Crippen LogP) is 5.00. The number of carbonyl (C=O) groups is 1. The highest BCUT2D eigenvalue weighted by Crippen LogP contribution is 2.36. The van der Waals surface area contributed by atoms with Crippen molar-refractivity contribution in [3.63, 3.8) is 0 Å². The van der Waals surface area contributed by atoms with E-state index in [1.165, 1.54) is 6.26 Å². The molecule has 9 heteroatoms.